The van der Waals surface area contributed by atoms with Crippen molar-refractivity contribution in [2.75, 3.05) is 26.7 Å². The zero-order valence-electron chi connectivity index (χ0n) is 40.3. The first-order chi connectivity index (χ1) is 28.7. The summed E-state index contributed by atoms with van der Waals surface area (Å²) in [5.41, 5.74) is 1.40. The van der Waals surface area contributed by atoms with Gasteiger partial charge in [-0.15, -0.1) is 0 Å². The Morgan fingerprint density at radius 2 is 0.534 bits per heavy atom. The maximum Gasteiger partial charge on any atom is 0.0736 e. The van der Waals surface area contributed by atoms with E-state index in [1.165, 1.54) is 327 Å². The number of rotatable bonds is 0. The summed E-state index contributed by atoms with van der Waals surface area (Å²) >= 11 is 0. The average Bonchev–Trinajstić information content (AvgIpc) is 3.60. The molecule has 2 aliphatic heterocycles. The molecule has 2 heteroatoms. The largest absolute Gasteiger partial charge is 0.370 e. The molecule has 344 valence electrons. The summed E-state index contributed by atoms with van der Waals surface area (Å²) in [7, 11) is 2.34. The third kappa shape index (κ3) is 35.3. The Hall–Kier alpha value is -0.340. The SMILES string of the molecule is C=C1COC2(CCCCCCCCCCCCCCCCCCCCCCCCCCCCCCCCCCCCCCCCCCCCCCCCN(C)CC2)C1. The summed E-state index contributed by atoms with van der Waals surface area (Å²) in [6.45, 7) is 7.53. The van der Waals surface area contributed by atoms with Crippen molar-refractivity contribution >= 4 is 0 Å². The van der Waals surface area contributed by atoms with Crippen LogP contribution in [0.2, 0.25) is 0 Å². The fourth-order valence-corrected chi connectivity index (χ4v) is 10.4. The van der Waals surface area contributed by atoms with E-state index >= 15 is 0 Å². The van der Waals surface area contributed by atoms with Crippen LogP contribution in [0.1, 0.15) is 315 Å². The molecule has 0 amide bonds. The quantitative estimate of drug-likeness (QED) is 0.226. The van der Waals surface area contributed by atoms with E-state index in [1.54, 1.807) is 0 Å². The zero-order chi connectivity index (χ0) is 41.1. The van der Waals surface area contributed by atoms with Gasteiger partial charge in [-0.3, -0.25) is 0 Å². The molecule has 2 fully saturated rings. The first kappa shape index (κ1) is 53.8. The third-order valence-electron chi connectivity index (χ3n) is 14.5. The van der Waals surface area contributed by atoms with Crippen molar-refractivity contribution in [3.05, 3.63) is 12.2 Å². The summed E-state index contributed by atoms with van der Waals surface area (Å²) in [6.07, 6.45) is 71.1. The highest BCUT2D eigenvalue weighted by molar-refractivity contribution is 5.08. The van der Waals surface area contributed by atoms with Crippen LogP contribution in [0.3, 0.4) is 0 Å². The lowest BCUT2D eigenvalue weighted by Gasteiger charge is -2.30. The molecule has 0 aliphatic carbocycles. The molecule has 0 radical (unpaired) electrons. The van der Waals surface area contributed by atoms with E-state index in [1.807, 2.05) is 0 Å². The Bertz CT molecular complexity index is 838. The van der Waals surface area contributed by atoms with E-state index in [0.29, 0.717) is 0 Å². The first-order valence-corrected chi connectivity index (χ1v) is 27.7. The van der Waals surface area contributed by atoms with Gasteiger partial charge in [0.15, 0.2) is 0 Å². The molecule has 58 heavy (non-hydrogen) atoms. The fourth-order valence-electron chi connectivity index (χ4n) is 10.4. The number of hydrogen-bond donors (Lipinski definition) is 0. The topological polar surface area (TPSA) is 12.5 Å². The first-order valence-electron chi connectivity index (χ1n) is 27.7. The fraction of sp³-hybridized carbons (Fsp3) is 0.964. The highest BCUT2D eigenvalue weighted by atomic mass is 16.5. The Kier molecular flexibility index (Phi) is 38.9. The second-order valence-corrected chi connectivity index (χ2v) is 20.5. The molecule has 2 aliphatic rings. The zero-order valence-corrected chi connectivity index (χ0v) is 40.3. The maximum atomic E-state index is 6.48. The van der Waals surface area contributed by atoms with Crippen molar-refractivity contribution in [2.24, 2.45) is 0 Å². The van der Waals surface area contributed by atoms with Crippen LogP contribution in [0.4, 0.5) is 0 Å². The van der Waals surface area contributed by atoms with Crippen LogP contribution in [0.15, 0.2) is 12.2 Å². The number of hydrogen-bond acceptors (Lipinski definition) is 2. The van der Waals surface area contributed by atoms with E-state index in [2.05, 4.69) is 18.5 Å². The smallest absolute Gasteiger partial charge is 0.0736 e. The monoisotopic (exact) mass is 812 g/mol. The molecule has 2 rings (SSSR count). The van der Waals surface area contributed by atoms with Crippen molar-refractivity contribution < 1.29 is 4.74 Å². The third-order valence-corrected chi connectivity index (χ3v) is 14.5. The molecule has 0 saturated carbocycles. The predicted molar refractivity (Wildman–Crippen MR) is 262 cm³/mol. The van der Waals surface area contributed by atoms with Gasteiger partial charge < -0.3 is 9.64 Å². The molecule has 0 aromatic rings. The summed E-state index contributed by atoms with van der Waals surface area (Å²) in [6, 6.07) is 0. The second kappa shape index (κ2) is 42.0. The average molecular weight is 812 g/mol. The van der Waals surface area contributed by atoms with Crippen LogP contribution in [-0.4, -0.2) is 37.2 Å². The minimum Gasteiger partial charge on any atom is -0.370 e. The van der Waals surface area contributed by atoms with Crippen molar-refractivity contribution in [3.8, 4) is 0 Å². The Labute approximate surface area is 367 Å². The van der Waals surface area contributed by atoms with Crippen LogP contribution in [-0.2, 0) is 4.74 Å². The second-order valence-electron chi connectivity index (χ2n) is 20.5. The standard InChI is InChI=1S/C56H109NO/c1-55-53-56(58-54-55)49-47-45-43-41-39-37-35-33-31-29-27-25-23-21-19-17-15-13-11-9-7-5-3-4-6-8-10-12-14-16-18-20-22-24-26-28-30-32-34-36-38-40-42-44-46-48-51-57(2)52-50-56/h1,3-54H2,2H3. The van der Waals surface area contributed by atoms with Crippen molar-refractivity contribution in [2.45, 2.75) is 320 Å². The molecule has 1 atom stereocenters. The Morgan fingerprint density at radius 1 is 0.310 bits per heavy atom. The van der Waals surface area contributed by atoms with Gasteiger partial charge in [-0.25, -0.2) is 0 Å². The van der Waals surface area contributed by atoms with Gasteiger partial charge in [0, 0.05) is 6.54 Å². The molecule has 1 unspecified atom stereocenters. The van der Waals surface area contributed by atoms with Gasteiger partial charge in [-0.1, -0.05) is 296 Å². The minimum absolute atomic E-state index is 0.0764. The van der Waals surface area contributed by atoms with Gasteiger partial charge in [-0.2, -0.15) is 0 Å². The van der Waals surface area contributed by atoms with Gasteiger partial charge in [0.1, 0.15) is 0 Å². The summed E-state index contributed by atoms with van der Waals surface area (Å²) < 4.78 is 6.48. The Morgan fingerprint density at radius 3 is 0.759 bits per heavy atom. The molecule has 1 spiro atoms. The van der Waals surface area contributed by atoms with E-state index in [4.69, 9.17) is 4.74 Å². The normalized spacial score (nSPS) is 26.9. The van der Waals surface area contributed by atoms with Crippen LogP contribution in [0, 0.1) is 0 Å². The van der Waals surface area contributed by atoms with Crippen LogP contribution in [0.5, 0.6) is 0 Å². The molecule has 0 N–H and O–H groups in total. The molecule has 0 aromatic heterocycles. The summed E-state index contributed by atoms with van der Waals surface area (Å²) in [5.74, 6) is 0. The highest BCUT2D eigenvalue weighted by Crippen LogP contribution is 2.37. The van der Waals surface area contributed by atoms with E-state index in [0.717, 1.165) is 13.0 Å². The lowest BCUT2D eigenvalue weighted by Crippen LogP contribution is -2.34. The minimum atomic E-state index is 0.0764. The van der Waals surface area contributed by atoms with Crippen LogP contribution in [0.25, 0.3) is 0 Å². The van der Waals surface area contributed by atoms with Gasteiger partial charge in [0.05, 0.1) is 12.2 Å². The van der Waals surface area contributed by atoms with Crippen LogP contribution < -0.4 is 0 Å². The number of nitrogens with zero attached hydrogens (tertiary/aromatic N) is 1. The summed E-state index contributed by atoms with van der Waals surface area (Å²) in [5, 5.41) is 0. The Balaban J connectivity index is 1.53. The van der Waals surface area contributed by atoms with Crippen molar-refractivity contribution in [3.63, 3.8) is 0 Å². The van der Waals surface area contributed by atoms with E-state index in [-0.39, 0.29) is 5.60 Å². The predicted octanol–water partition coefficient (Wildman–Crippen LogP) is 19.4. The molecule has 0 bridgehead atoms. The summed E-state index contributed by atoms with van der Waals surface area (Å²) in [4.78, 5) is 2.59. The van der Waals surface area contributed by atoms with Crippen LogP contribution >= 0.6 is 0 Å². The van der Waals surface area contributed by atoms with Gasteiger partial charge in [0.25, 0.3) is 0 Å². The maximum absolute atomic E-state index is 6.48. The van der Waals surface area contributed by atoms with Gasteiger partial charge in [0.2, 0.25) is 0 Å². The molecule has 2 saturated heterocycles. The molecule has 2 heterocycles. The highest BCUT2D eigenvalue weighted by Gasteiger charge is 2.36. The van der Waals surface area contributed by atoms with Gasteiger partial charge >= 0.3 is 0 Å². The molecular weight excluding hydrogens is 703 g/mol. The molecule has 2 nitrogen and oxygen atoms in total. The lowest BCUT2D eigenvalue weighted by atomic mass is 9.88. The van der Waals surface area contributed by atoms with Gasteiger partial charge in [-0.05, 0) is 44.8 Å². The molecular formula is C56H109NO. The van der Waals surface area contributed by atoms with Crippen molar-refractivity contribution in [1.82, 2.24) is 4.90 Å². The van der Waals surface area contributed by atoms with Crippen molar-refractivity contribution in [1.29, 1.82) is 0 Å². The van der Waals surface area contributed by atoms with E-state index in [9.17, 15) is 0 Å². The number of ether oxygens (including phenoxy) is 1. The van der Waals surface area contributed by atoms with E-state index < -0.39 is 0 Å². The lowest BCUT2D eigenvalue weighted by molar-refractivity contribution is -0.0165. The molecule has 0 aromatic carbocycles.